The van der Waals surface area contributed by atoms with E-state index in [-0.39, 0.29) is 42.4 Å². The van der Waals surface area contributed by atoms with Crippen molar-refractivity contribution < 1.29 is 58.9 Å². The van der Waals surface area contributed by atoms with Crippen LogP contribution >= 0.6 is 0 Å². The maximum atomic E-state index is 13.2. The van der Waals surface area contributed by atoms with Crippen molar-refractivity contribution >= 4 is 17.9 Å². The second kappa shape index (κ2) is 19.0. The summed E-state index contributed by atoms with van der Waals surface area (Å²) in [5.41, 5.74) is -3.00. The average Bonchev–Trinajstić information content (AvgIpc) is 3.03. The van der Waals surface area contributed by atoms with Gasteiger partial charge in [0.15, 0.2) is 18.5 Å². The lowest BCUT2D eigenvalue weighted by Gasteiger charge is -2.45. The number of hydrogen-bond donors (Lipinski definition) is 5. The van der Waals surface area contributed by atoms with E-state index in [4.69, 9.17) is 24.1 Å². The molecule has 0 amide bonds. The second-order valence-corrected chi connectivity index (χ2v) is 12.8. The minimum atomic E-state index is -1.72. The van der Waals surface area contributed by atoms with Gasteiger partial charge in [-0.1, -0.05) is 36.5 Å². The molecular formula is C36H54O12. The minimum absolute atomic E-state index is 0.138. The number of hydrogen-bond acceptors (Lipinski definition) is 11. The number of rotatable bonds is 20. The zero-order valence-corrected chi connectivity index (χ0v) is 29.0. The lowest BCUT2D eigenvalue weighted by atomic mass is 9.96. The molecule has 12 nitrogen and oxygen atoms in total. The van der Waals surface area contributed by atoms with Crippen molar-refractivity contribution in [3.63, 3.8) is 0 Å². The first-order valence-corrected chi connectivity index (χ1v) is 15.9. The molecule has 12 heteroatoms. The number of esters is 2. The zero-order chi connectivity index (χ0) is 36.9. The summed E-state index contributed by atoms with van der Waals surface area (Å²) in [5.74, 6) is -2.75. The highest BCUT2D eigenvalue weighted by Crippen LogP contribution is 2.32. The zero-order valence-electron chi connectivity index (χ0n) is 29.0. The van der Waals surface area contributed by atoms with Crippen LogP contribution in [0.5, 0.6) is 0 Å². The van der Waals surface area contributed by atoms with Crippen LogP contribution < -0.4 is 0 Å². The van der Waals surface area contributed by atoms with E-state index in [0.717, 1.165) is 0 Å². The summed E-state index contributed by atoms with van der Waals surface area (Å²) in [5, 5.41) is 51.3. The van der Waals surface area contributed by atoms with Gasteiger partial charge in [0.1, 0.15) is 12.2 Å². The number of carboxylic acids is 1. The number of aliphatic carboxylic acids is 1. The molecule has 0 spiro atoms. The van der Waals surface area contributed by atoms with E-state index in [1.807, 2.05) is 0 Å². The summed E-state index contributed by atoms with van der Waals surface area (Å²) in [6.07, 6.45) is 3.01. The molecule has 8 atom stereocenters. The second-order valence-electron chi connectivity index (χ2n) is 12.8. The molecule has 1 aliphatic heterocycles. The van der Waals surface area contributed by atoms with E-state index in [1.54, 1.807) is 32.9 Å². The molecule has 0 radical (unpaired) electrons. The SMILES string of the molecule is C=C[C@@](C)(CC/C=C(\C)C(=O)O)O[C@@H]1O[C@H](CO)[C@@H](OC(=O)/C(C)=C/CC[C@](C)(O)C=C)[C@H](OC(=O)/C(C)=C/CC[C@](C)(O)C=C)[C@H]1O. The van der Waals surface area contributed by atoms with Crippen LogP contribution in [0.2, 0.25) is 0 Å². The van der Waals surface area contributed by atoms with Crippen molar-refractivity contribution in [1.82, 2.24) is 0 Å². The Labute approximate surface area is 283 Å². The molecule has 1 saturated heterocycles. The standard InChI is InChI=1S/C36H54O12/c1-10-34(7,43)19-13-17-24(5)31(41)46-28-26(22-37)45-33(48-36(9,12-3)21-15-16-23(4)30(39)40)27(38)29(28)47-32(42)25(6)18-14-20-35(8,44)11-2/h10-12,16-18,26-29,33,37-38,43-44H,1-3,13-15,19-22H2,4-9H3,(H,39,40)/b23-16+,24-17+,25-18+/t26-,27-,28-,29-,33+,34-,35-,36+/m1/s1. The van der Waals surface area contributed by atoms with Crippen LogP contribution in [0.15, 0.2) is 72.9 Å². The van der Waals surface area contributed by atoms with Crippen molar-refractivity contribution in [2.45, 2.75) is 128 Å². The largest absolute Gasteiger partial charge is 0.478 e. The Kier molecular flexibility index (Phi) is 16.8. The molecule has 0 aromatic rings. The van der Waals surface area contributed by atoms with Crippen molar-refractivity contribution in [1.29, 1.82) is 0 Å². The van der Waals surface area contributed by atoms with E-state index in [9.17, 15) is 34.8 Å². The quantitative estimate of drug-likeness (QED) is 0.0709. The van der Waals surface area contributed by atoms with Gasteiger partial charge in [-0.25, -0.2) is 14.4 Å². The van der Waals surface area contributed by atoms with Gasteiger partial charge in [-0.2, -0.15) is 0 Å². The molecule has 270 valence electrons. The lowest BCUT2D eigenvalue weighted by Crippen LogP contribution is -2.62. The third-order valence-corrected chi connectivity index (χ3v) is 8.25. The number of aliphatic hydroxyl groups is 4. The normalized spacial score (nSPS) is 25.9. The van der Waals surface area contributed by atoms with Gasteiger partial charge in [-0.3, -0.25) is 0 Å². The van der Waals surface area contributed by atoms with Crippen LogP contribution in [0.25, 0.3) is 0 Å². The minimum Gasteiger partial charge on any atom is -0.478 e. The number of carboxylic acid groups (broad SMARTS) is 1. The number of carbonyl (C=O) groups is 3. The van der Waals surface area contributed by atoms with Crippen LogP contribution in [-0.2, 0) is 33.3 Å². The summed E-state index contributed by atoms with van der Waals surface area (Å²) in [6, 6.07) is 0. The maximum absolute atomic E-state index is 13.2. The molecule has 0 unspecified atom stereocenters. The first-order chi connectivity index (χ1) is 22.2. The molecular weight excluding hydrogens is 624 g/mol. The highest BCUT2D eigenvalue weighted by atomic mass is 16.7. The Hall–Kier alpha value is -3.39. The van der Waals surface area contributed by atoms with Gasteiger partial charge >= 0.3 is 17.9 Å². The number of ether oxygens (including phenoxy) is 4. The highest BCUT2D eigenvalue weighted by Gasteiger charge is 2.51. The van der Waals surface area contributed by atoms with Crippen molar-refractivity contribution in [2.75, 3.05) is 6.61 Å². The van der Waals surface area contributed by atoms with Gasteiger partial charge in [0.25, 0.3) is 0 Å². The topological polar surface area (TPSA) is 189 Å². The third-order valence-electron chi connectivity index (χ3n) is 8.25. The molecule has 1 heterocycles. The molecule has 1 rings (SSSR count). The van der Waals surface area contributed by atoms with Crippen LogP contribution in [0.3, 0.4) is 0 Å². The predicted octanol–water partition coefficient (Wildman–Crippen LogP) is 3.99. The number of allylic oxidation sites excluding steroid dienone is 3. The van der Waals surface area contributed by atoms with Crippen LogP contribution in [-0.4, -0.2) is 97.6 Å². The van der Waals surface area contributed by atoms with Crippen molar-refractivity contribution in [2.24, 2.45) is 0 Å². The fraction of sp³-hybridized carbons (Fsp3) is 0.583. The lowest BCUT2D eigenvalue weighted by molar-refractivity contribution is -0.322. The van der Waals surface area contributed by atoms with E-state index in [1.165, 1.54) is 45.1 Å². The Morgan fingerprint density at radius 3 is 1.60 bits per heavy atom. The smallest absolute Gasteiger partial charge is 0.333 e. The van der Waals surface area contributed by atoms with E-state index in [2.05, 4.69) is 19.7 Å². The molecule has 0 aliphatic carbocycles. The van der Waals surface area contributed by atoms with Gasteiger partial charge in [-0.05, 0) is 80.1 Å². The average molecular weight is 679 g/mol. The van der Waals surface area contributed by atoms with Gasteiger partial charge in [0.2, 0.25) is 0 Å². The van der Waals surface area contributed by atoms with Crippen molar-refractivity contribution in [3.8, 4) is 0 Å². The van der Waals surface area contributed by atoms with E-state index < -0.39 is 72.0 Å². The summed E-state index contributed by atoms with van der Waals surface area (Å²) in [7, 11) is 0. The summed E-state index contributed by atoms with van der Waals surface area (Å²) < 4.78 is 23.3. The first-order valence-electron chi connectivity index (χ1n) is 15.9. The third kappa shape index (κ3) is 13.6. The van der Waals surface area contributed by atoms with E-state index in [0.29, 0.717) is 12.8 Å². The van der Waals surface area contributed by atoms with Gasteiger partial charge in [-0.15, -0.1) is 19.7 Å². The predicted molar refractivity (Wildman–Crippen MR) is 179 cm³/mol. The molecule has 0 aromatic heterocycles. The molecule has 0 saturated carbocycles. The number of aliphatic hydroxyl groups excluding tert-OH is 2. The molecule has 1 aliphatic rings. The van der Waals surface area contributed by atoms with Crippen molar-refractivity contribution in [3.05, 3.63) is 72.9 Å². The van der Waals surface area contributed by atoms with Crippen LogP contribution in [0.4, 0.5) is 0 Å². The summed E-state index contributed by atoms with van der Waals surface area (Å²) in [4.78, 5) is 37.6. The molecule has 0 bridgehead atoms. The van der Waals surface area contributed by atoms with Gasteiger partial charge in [0.05, 0.1) is 23.4 Å². The monoisotopic (exact) mass is 678 g/mol. The van der Waals surface area contributed by atoms with Gasteiger partial charge in [0, 0.05) is 16.7 Å². The molecule has 1 fully saturated rings. The first kappa shape index (κ1) is 42.6. The molecule has 5 N–H and O–H groups in total. The number of carbonyl (C=O) groups excluding carboxylic acids is 2. The van der Waals surface area contributed by atoms with E-state index >= 15 is 0 Å². The van der Waals surface area contributed by atoms with Crippen LogP contribution in [0, 0.1) is 0 Å². The Morgan fingerprint density at radius 2 is 1.19 bits per heavy atom. The fourth-order valence-corrected chi connectivity index (χ4v) is 4.52. The Bertz CT molecular complexity index is 1240. The van der Waals surface area contributed by atoms with Gasteiger partial charge < -0.3 is 44.5 Å². The van der Waals surface area contributed by atoms with Crippen LogP contribution in [0.1, 0.15) is 80.1 Å². The highest BCUT2D eigenvalue weighted by molar-refractivity contribution is 5.89. The Balaban J connectivity index is 3.37. The molecule has 48 heavy (non-hydrogen) atoms. The molecule has 0 aromatic carbocycles. The summed E-state index contributed by atoms with van der Waals surface area (Å²) >= 11 is 0. The Morgan fingerprint density at radius 1 is 0.750 bits per heavy atom. The summed E-state index contributed by atoms with van der Waals surface area (Å²) in [6.45, 7) is 19.5. The maximum Gasteiger partial charge on any atom is 0.333 e. The fourth-order valence-electron chi connectivity index (χ4n) is 4.52.